The van der Waals surface area contributed by atoms with E-state index in [0.717, 1.165) is 11.1 Å². The number of halogens is 1. The van der Waals surface area contributed by atoms with Crippen molar-refractivity contribution in [3.8, 4) is 5.75 Å². The van der Waals surface area contributed by atoms with E-state index < -0.39 is 0 Å². The summed E-state index contributed by atoms with van der Waals surface area (Å²) in [5, 5.41) is 0.881. The van der Waals surface area contributed by atoms with Gasteiger partial charge in [-0.25, -0.2) is 0 Å². The van der Waals surface area contributed by atoms with Crippen LogP contribution in [0.5, 0.6) is 5.75 Å². The molecule has 0 aliphatic rings. The highest BCUT2D eigenvalue weighted by atomic mass is 79.9. The Hall–Kier alpha value is -1.28. The SMILES string of the molecule is CCCCc1ccc(COc2ccc(CBr)cc2)cc1. The van der Waals surface area contributed by atoms with E-state index in [1.165, 1.54) is 36.0 Å². The third-order valence-electron chi connectivity index (χ3n) is 3.33. The Bertz CT molecular complexity index is 502. The zero-order valence-electron chi connectivity index (χ0n) is 11.9. The predicted octanol–water partition coefficient (Wildman–Crippen LogP) is 5.50. The Kier molecular flexibility index (Phi) is 6.13. The molecular formula is C18H21BrO. The molecule has 0 radical (unpaired) electrons. The smallest absolute Gasteiger partial charge is 0.119 e. The second-order valence-electron chi connectivity index (χ2n) is 4.99. The summed E-state index contributed by atoms with van der Waals surface area (Å²) in [6, 6.07) is 17.0. The number of rotatable bonds is 7. The Morgan fingerprint density at radius 3 is 2.05 bits per heavy atom. The van der Waals surface area contributed by atoms with E-state index in [-0.39, 0.29) is 0 Å². The maximum Gasteiger partial charge on any atom is 0.119 e. The number of benzene rings is 2. The fourth-order valence-electron chi connectivity index (χ4n) is 2.02. The van der Waals surface area contributed by atoms with Gasteiger partial charge in [-0.2, -0.15) is 0 Å². The molecule has 0 bridgehead atoms. The Morgan fingerprint density at radius 1 is 0.850 bits per heavy atom. The standard InChI is InChI=1S/C18H21BrO/c1-2-3-4-15-5-7-17(8-6-15)14-20-18-11-9-16(13-19)10-12-18/h5-12H,2-4,13-14H2,1H3. The van der Waals surface area contributed by atoms with Crippen molar-refractivity contribution in [1.29, 1.82) is 0 Å². The van der Waals surface area contributed by atoms with E-state index >= 15 is 0 Å². The number of ether oxygens (including phenoxy) is 1. The van der Waals surface area contributed by atoms with E-state index in [4.69, 9.17) is 4.74 Å². The number of unbranched alkanes of at least 4 members (excludes halogenated alkanes) is 1. The molecule has 0 fully saturated rings. The van der Waals surface area contributed by atoms with Crippen LogP contribution in [0.1, 0.15) is 36.5 Å². The van der Waals surface area contributed by atoms with Gasteiger partial charge >= 0.3 is 0 Å². The largest absolute Gasteiger partial charge is 0.489 e. The molecule has 0 saturated heterocycles. The molecule has 2 heteroatoms. The average molecular weight is 333 g/mol. The Labute approximate surface area is 130 Å². The molecular weight excluding hydrogens is 312 g/mol. The van der Waals surface area contributed by atoms with Gasteiger partial charge in [0.2, 0.25) is 0 Å². The molecule has 1 nitrogen and oxygen atoms in total. The first-order chi connectivity index (χ1) is 9.81. The summed E-state index contributed by atoms with van der Waals surface area (Å²) in [6.45, 7) is 2.85. The second-order valence-corrected chi connectivity index (χ2v) is 5.55. The lowest BCUT2D eigenvalue weighted by atomic mass is 10.1. The molecule has 0 atom stereocenters. The normalized spacial score (nSPS) is 10.5. The maximum atomic E-state index is 5.80. The van der Waals surface area contributed by atoms with E-state index in [0.29, 0.717) is 6.61 Å². The summed E-state index contributed by atoms with van der Waals surface area (Å²) in [5.41, 5.74) is 3.89. The van der Waals surface area contributed by atoms with Crippen LogP contribution in [0.25, 0.3) is 0 Å². The molecule has 0 unspecified atom stereocenters. The van der Waals surface area contributed by atoms with E-state index in [9.17, 15) is 0 Å². The lowest BCUT2D eigenvalue weighted by Crippen LogP contribution is -1.96. The van der Waals surface area contributed by atoms with Gasteiger partial charge in [0.15, 0.2) is 0 Å². The zero-order chi connectivity index (χ0) is 14.2. The van der Waals surface area contributed by atoms with Crippen molar-refractivity contribution in [3.63, 3.8) is 0 Å². The van der Waals surface area contributed by atoms with Gasteiger partial charge in [-0.1, -0.05) is 65.7 Å². The third-order valence-corrected chi connectivity index (χ3v) is 3.97. The lowest BCUT2D eigenvalue weighted by molar-refractivity contribution is 0.306. The third kappa shape index (κ3) is 4.68. The lowest BCUT2D eigenvalue weighted by Gasteiger charge is -2.08. The van der Waals surface area contributed by atoms with Crippen LogP contribution >= 0.6 is 15.9 Å². The average Bonchev–Trinajstić information content (AvgIpc) is 2.52. The quantitative estimate of drug-likeness (QED) is 0.608. The first-order valence-electron chi connectivity index (χ1n) is 7.17. The highest BCUT2D eigenvalue weighted by Crippen LogP contribution is 2.16. The molecule has 106 valence electrons. The maximum absolute atomic E-state index is 5.80. The molecule has 2 aromatic rings. The second kappa shape index (κ2) is 8.11. The first-order valence-corrected chi connectivity index (χ1v) is 8.29. The van der Waals surface area contributed by atoms with Crippen LogP contribution in [-0.2, 0) is 18.4 Å². The highest BCUT2D eigenvalue weighted by molar-refractivity contribution is 9.08. The number of aryl methyl sites for hydroxylation is 1. The van der Waals surface area contributed by atoms with E-state index in [1.807, 2.05) is 12.1 Å². The minimum absolute atomic E-state index is 0.627. The predicted molar refractivity (Wildman–Crippen MR) is 88.5 cm³/mol. The van der Waals surface area contributed by atoms with Crippen LogP contribution in [0, 0.1) is 0 Å². The van der Waals surface area contributed by atoms with Crippen LogP contribution in [0.4, 0.5) is 0 Å². The van der Waals surface area contributed by atoms with Crippen molar-refractivity contribution in [1.82, 2.24) is 0 Å². The van der Waals surface area contributed by atoms with Gasteiger partial charge in [0.25, 0.3) is 0 Å². The van der Waals surface area contributed by atoms with Crippen molar-refractivity contribution in [3.05, 3.63) is 65.2 Å². The number of alkyl halides is 1. The minimum Gasteiger partial charge on any atom is -0.489 e. The Morgan fingerprint density at radius 2 is 1.45 bits per heavy atom. The fraction of sp³-hybridized carbons (Fsp3) is 0.333. The molecule has 2 rings (SSSR count). The van der Waals surface area contributed by atoms with Crippen LogP contribution in [-0.4, -0.2) is 0 Å². The summed E-state index contributed by atoms with van der Waals surface area (Å²) in [5.74, 6) is 0.921. The molecule has 0 spiro atoms. The van der Waals surface area contributed by atoms with E-state index in [2.05, 4.69) is 59.3 Å². The van der Waals surface area contributed by atoms with Gasteiger partial charge in [0.05, 0.1) is 0 Å². The molecule has 0 amide bonds. The topological polar surface area (TPSA) is 9.23 Å². The monoisotopic (exact) mass is 332 g/mol. The minimum atomic E-state index is 0.627. The van der Waals surface area contributed by atoms with Gasteiger partial charge < -0.3 is 4.74 Å². The van der Waals surface area contributed by atoms with Gasteiger partial charge in [-0.3, -0.25) is 0 Å². The van der Waals surface area contributed by atoms with Gasteiger partial charge in [0, 0.05) is 5.33 Å². The van der Waals surface area contributed by atoms with Gasteiger partial charge in [0.1, 0.15) is 12.4 Å². The van der Waals surface area contributed by atoms with Crippen molar-refractivity contribution in [2.45, 2.75) is 38.1 Å². The van der Waals surface area contributed by atoms with Crippen LogP contribution in [0.2, 0.25) is 0 Å². The molecule has 20 heavy (non-hydrogen) atoms. The molecule has 0 aromatic heterocycles. The van der Waals surface area contributed by atoms with Crippen molar-refractivity contribution in [2.75, 3.05) is 0 Å². The zero-order valence-corrected chi connectivity index (χ0v) is 13.5. The summed E-state index contributed by atoms with van der Waals surface area (Å²) >= 11 is 3.44. The van der Waals surface area contributed by atoms with Crippen LogP contribution < -0.4 is 4.74 Å². The first kappa shape index (κ1) is 15.1. The summed E-state index contributed by atoms with van der Waals surface area (Å²) in [7, 11) is 0. The summed E-state index contributed by atoms with van der Waals surface area (Å²) < 4.78 is 5.80. The molecule has 0 aliphatic carbocycles. The van der Waals surface area contributed by atoms with Crippen molar-refractivity contribution >= 4 is 15.9 Å². The van der Waals surface area contributed by atoms with Crippen molar-refractivity contribution < 1.29 is 4.74 Å². The van der Waals surface area contributed by atoms with Crippen LogP contribution in [0.3, 0.4) is 0 Å². The highest BCUT2D eigenvalue weighted by Gasteiger charge is 1.98. The van der Waals surface area contributed by atoms with Gasteiger partial charge in [-0.15, -0.1) is 0 Å². The van der Waals surface area contributed by atoms with Crippen molar-refractivity contribution in [2.24, 2.45) is 0 Å². The van der Waals surface area contributed by atoms with E-state index in [1.54, 1.807) is 0 Å². The molecule has 0 aliphatic heterocycles. The molecule has 0 N–H and O–H groups in total. The molecule has 2 aromatic carbocycles. The number of hydrogen-bond donors (Lipinski definition) is 0. The summed E-state index contributed by atoms with van der Waals surface area (Å²) in [4.78, 5) is 0. The van der Waals surface area contributed by atoms with Gasteiger partial charge in [-0.05, 0) is 41.7 Å². The van der Waals surface area contributed by atoms with Crippen LogP contribution in [0.15, 0.2) is 48.5 Å². The molecule has 0 heterocycles. The molecule has 0 saturated carbocycles. The Balaban J connectivity index is 1.86. The fourth-order valence-corrected chi connectivity index (χ4v) is 2.40. The summed E-state index contributed by atoms with van der Waals surface area (Å²) in [6.07, 6.45) is 3.68. The number of hydrogen-bond acceptors (Lipinski definition) is 1.